The molecule has 1 unspecified atom stereocenters. The molecule has 0 aromatic carbocycles. The highest BCUT2D eigenvalue weighted by atomic mass is 16.4. The quantitative estimate of drug-likeness (QED) is 0.612. The second-order valence-corrected chi connectivity index (χ2v) is 4.31. The van der Waals surface area contributed by atoms with Gasteiger partial charge in [0.2, 0.25) is 0 Å². The molecule has 0 heterocycles. The topological polar surface area (TPSA) is 78.4 Å². The van der Waals surface area contributed by atoms with Crippen molar-refractivity contribution in [3.63, 3.8) is 0 Å². The van der Waals surface area contributed by atoms with Crippen LogP contribution < -0.4 is 10.6 Å². The molecule has 0 saturated carbocycles. The Balaban J connectivity index is 4.06. The van der Waals surface area contributed by atoms with E-state index in [1.54, 1.807) is 0 Å². The molecule has 0 aliphatic carbocycles. The molecule has 0 spiro atoms. The summed E-state index contributed by atoms with van der Waals surface area (Å²) in [6.45, 7) is 5.62. The van der Waals surface area contributed by atoms with E-state index < -0.39 is 18.0 Å². The Labute approximate surface area is 103 Å². The Morgan fingerprint density at radius 3 is 2.24 bits per heavy atom. The first-order valence-electron chi connectivity index (χ1n) is 6.31. The van der Waals surface area contributed by atoms with Crippen LogP contribution in [0.15, 0.2) is 0 Å². The maximum absolute atomic E-state index is 11.5. The molecule has 3 N–H and O–H groups in total. The van der Waals surface area contributed by atoms with Gasteiger partial charge in [0.25, 0.3) is 0 Å². The van der Waals surface area contributed by atoms with Gasteiger partial charge in [-0.1, -0.05) is 33.1 Å². The third-order valence-corrected chi connectivity index (χ3v) is 2.60. The molecule has 2 amide bonds. The number of amides is 2. The average molecular weight is 244 g/mol. The minimum Gasteiger partial charge on any atom is -0.480 e. The Kier molecular flexibility index (Phi) is 8.19. The summed E-state index contributed by atoms with van der Waals surface area (Å²) >= 11 is 0. The zero-order valence-corrected chi connectivity index (χ0v) is 11.0. The van der Waals surface area contributed by atoms with Crippen molar-refractivity contribution in [2.24, 2.45) is 0 Å². The summed E-state index contributed by atoms with van der Waals surface area (Å²) in [5.74, 6) is -1.03. The van der Waals surface area contributed by atoms with E-state index in [1.807, 2.05) is 0 Å². The van der Waals surface area contributed by atoms with Crippen LogP contribution in [0.4, 0.5) is 4.79 Å². The minimum atomic E-state index is -1.03. The summed E-state index contributed by atoms with van der Waals surface area (Å²) in [7, 11) is 0. The van der Waals surface area contributed by atoms with Crippen LogP contribution in [0, 0.1) is 0 Å². The van der Waals surface area contributed by atoms with Gasteiger partial charge < -0.3 is 15.7 Å². The lowest BCUT2D eigenvalue weighted by Gasteiger charge is -2.19. The molecule has 5 heteroatoms. The molecule has 0 radical (unpaired) electrons. The van der Waals surface area contributed by atoms with E-state index in [-0.39, 0.29) is 6.04 Å². The molecule has 0 saturated heterocycles. The number of carbonyl (C=O) groups excluding carboxylic acids is 1. The van der Waals surface area contributed by atoms with E-state index >= 15 is 0 Å². The molecule has 0 bridgehead atoms. The van der Waals surface area contributed by atoms with Crippen LogP contribution in [-0.4, -0.2) is 29.2 Å². The van der Waals surface area contributed by atoms with Gasteiger partial charge >= 0.3 is 12.0 Å². The van der Waals surface area contributed by atoms with Gasteiger partial charge in [-0.2, -0.15) is 0 Å². The van der Waals surface area contributed by atoms with Crippen LogP contribution in [0.1, 0.15) is 52.9 Å². The van der Waals surface area contributed by atoms with E-state index in [9.17, 15) is 9.59 Å². The zero-order valence-electron chi connectivity index (χ0n) is 11.0. The lowest BCUT2D eigenvalue weighted by atomic mass is 10.1. The summed E-state index contributed by atoms with van der Waals surface area (Å²) in [5.41, 5.74) is 0. The number of unbranched alkanes of at least 4 members (excludes halogenated alkanes) is 1. The minimum absolute atomic E-state index is 0.140. The van der Waals surface area contributed by atoms with Crippen LogP contribution in [0.3, 0.4) is 0 Å². The Morgan fingerprint density at radius 2 is 1.76 bits per heavy atom. The number of rotatable bonds is 8. The monoisotopic (exact) mass is 244 g/mol. The largest absolute Gasteiger partial charge is 0.480 e. The molecule has 2 atom stereocenters. The SMILES string of the molecule is CCCCC(CCC)NC(=O)N[C@H](C)C(=O)O. The molecule has 17 heavy (non-hydrogen) atoms. The normalized spacial score (nSPS) is 13.8. The maximum atomic E-state index is 11.5. The van der Waals surface area contributed by atoms with Gasteiger partial charge in [0, 0.05) is 6.04 Å². The standard InChI is InChI=1S/C12H24N2O3/c1-4-6-8-10(7-5-2)14-12(17)13-9(3)11(15)16/h9-10H,4-8H2,1-3H3,(H,15,16)(H2,13,14,17)/t9-,10?/m1/s1. The average Bonchev–Trinajstić information content (AvgIpc) is 2.25. The van der Waals surface area contributed by atoms with Crippen LogP contribution >= 0.6 is 0 Å². The van der Waals surface area contributed by atoms with Crippen LogP contribution in [0.25, 0.3) is 0 Å². The molecule has 0 aromatic rings. The van der Waals surface area contributed by atoms with Gasteiger partial charge in [-0.15, -0.1) is 0 Å². The fourth-order valence-corrected chi connectivity index (χ4v) is 1.57. The van der Waals surface area contributed by atoms with Crippen LogP contribution in [0.5, 0.6) is 0 Å². The molecular weight excluding hydrogens is 220 g/mol. The first-order valence-corrected chi connectivity index (χ1v) is 6.31. The number of aliphatic carboxylic acids is 1. The third-order valence-electron chi connectivity index (χ3n) is 2.60. The predicted octanol–water partition coefficient (Wildman–Crippen LogP) is 2.12. The number of hydrogen-bond donors (Lipinski definition) is 3. The second-order valence-electron chi connectivity index (χ2n) is 4.31. The van der Waals surface area contributed by atoms with Crippen molar-refractivity contribution in [2.45, 2.75) is 65.0 Å². The van der Waals surface area contributed by atoms with Crippen molar-refractivity contribution in [3.05, 3.63) is 0 Å². The van der Waals surface area contributed by atoms with E-state index in [4.69, 9.17) is 5.11 Å². The van der Waals surface area contributed by atoms with Crippen LogP contribution in [0.2, 0.25) is 0 Å². The van der Waals surface area contributed by atoms with Gasteiger partial charge in [-0.25, -0.2) is 4.79 Å². The molecule has 0 fully saturated rings. The van der Waals surface area contributed by atoms with E-state index in [0.717, 1.165) is 32.1 Å². The first kappa shape index (κ1) is 15.7. The first-order chi connectivity index (χ1) is 8.01. The van der Waals surface area contributed by atoms with Gasteiger partial charge in [0.15, 0.2) is 0 Å². The fraction of sp³-hybridized carbons (Fsp3) is 0.833. The molecule has 0 aromatic heterocycles. The van der Waals surface area contributed by atoms with Crippen LogP contribution in [-0.2, 0) is 4.79 Å². The van der Waals surface area contributed by atoms with Gasteiger partial charge in [0.1, 0.15) is 6.04 Å². The van der Waals surface area contributed by atoms with Crippen molar-refractivity contribution in [2.75, 3.05) is 0 Å². The predicted molar refractivity (Wildman–Crippen MR) is 67.0 cm³/mol. The van der Waals surface area contributed by atoms with Crippen molar-refractivity contribution in [1.82, 2.24) is 10.6 Å². The highest BCUT2D eigenvalue weighted by Crippen LogP contribution is 2.06. The summed E-state index contributed by atoms with van der Waals surface area (Å²) in [5, 5.41) is 13.9. The smallest absolute Gasteiger partial charge is 0.325 e. The second kappa shape index (κ2) is 8.84. The number of carboxylic acid groups (broad SMARTS) is 1. The Hall–Kier alpha value is -1.26. The maximum Gasteiger partial charge on any atom is 0.325 e. The lowest BCUT2D eigenvalue weighted by Crippen LogP contribution is -2.47. The molecular formula is C12H24N2O3. The van der Waals surface area contributed by atoms with Crippen molar-refractivity contribution in [1.29, 1.82) is 0 Å². The van der Waals surface area contributed by atoms with E-state index in [0.29, 0.717) is 0 Å². The highest BCUT2D eigenvalue weighted by Gasteiger charge is 2.16. The van der Waals surface area contributed by atoms with Gasteiger partial charge in [-0.3, -0.25) is 4.79 Å². The van der Waals surface area contributed by atoms with E-state index in [1.165, 1.54) is 6.92 Å². The van der Waals surface area contributed by atoms with Gasteiger partial charge in [-0.05, 0) is 19.8 Å². The Bertz CT molecular complexity index is 244. The van der Waals surface area contributed by atoms with Crippen molar-refractivity contribution >= 4 is 12.0 Å². The fourth-order valence-electron chi connectivity index (χ4n) is 1.57. The molecule has 0 aliphatic rings. The summed E-state index contributed by atoms with van der Waals surface area (Å²) in [4.78, 5) is 22.1. The molecule has 0 rings (SSSR count). The number of carbonyl (C=O) groups is 2. The summed E-state index contributed by atoms with van der Waals surface area (Å²) < 4.78 is 0. The highest BCUT2D eigenvalue weighted by molar-refractivity contribution is 5.82. The zero-order chi connectivity index (χ0) is 13.3. The molecule has 100 valence electrons. The number of carboxylic acids is 1. The number of urea groups is 1. The van der Waals surface area contributed by atoms with Crippen molar-refractivity contribution < 1.29 is 14.7 Å². The third kappa shape index (κ3) is 7.60. The Morgan fingerprint density at radius 1 is 1.12 bits per heavy atom. The summed E-state index contributed by atoms with van der Waals surface area (Å²) in [6, 6.07) is -1.11. The lowest BCUT2D eigenvalue weighted by molar-refractivity contribution is -0.138. The van der Waals surface area contributed by atoms with E-state index in [2.05, 4.69) is 24.5 Å². The number of nitrogens with one attached hydrogen (secondary N) is 2. The summed E-state index contributed by atoms with van der Waals surface area (Å²) in [6.07, 6.45) is 5.03. The van der Waals surface area contributed by atoms with Gasteiger partial charge in [0.05, 0.1) is 0 Å². The molecule has 0 aliphatic heterocycles. The van der Waals surface area contributed by atoms with Crippen molar-refractivity contribution in [3.8, 4) is 0 Å². The number of hydrogen-bond acceptors (Lipinski definition) is 2. The molecule has 5 nitrogen and oxygen atoms in total.